The molecule has 2 N–H and O–H groups in total. The molecule has 166 valence electrons. The predicted molar refractivity (Wildman–Crippen MR) is 134 cm³/mol. The minimum atomic E-state index is 0. The highest BCUT2D eigenvalue weighted by Gasteiger charge is 2.02. The summed E-state index contributed by atoms with van der Waals surface area (Å²) >= 11 is 0. The Balaban J connectivity index is 0.00000450. The summed E-state index contributed by atoms with van der Waals surface area (Å²) in [7, 11) is 3.43. The van der Waals surface area contributed by atoms with Gasteiger partial charge in [-0.15, -0.1) is 24.0 Å². The lowest BCUT2D eigenvalue weighted by Crippen LogP contribution is -2.31. The average molecular weight is 528 g/mol. The van der Waals surface area contributed by atoms with Gasteiger partial charge in [-0.05, 0) is 38.0 Å². The van der Waals surface area contributed by atoms with Gasteiger partial charge in [-0.2, -0.15) is 0 Å². The standard InChI is InChI=1S/C22H32N4O3.HI/c1-18-9-6-12-21(27)26(18)14-5-4-13-24-22(23-2)25-19-10-7-11-20(17-19)29-16-8-15-28-3;/h6-7,9-12,17H,4-5,8,13-16H2,1-3H3,(H2,23,24,25);1H. The summed E-state index contributed by atoms with van der Waals surface area (Å²) in [6.07, 6.45) is 2.70. The zero-order chi connectivity index (χ0) is 20.9. The molecular weight excluding hydrogens is 495 g/mol. The summed E-state index contributed by atoms with van der Waals surface area (Å²) in [6, 6.07) is 13.2. The third-order valence-electron chi connectivity index (χ3n) is 4.45. The van der Waals surface area contributed by atoms with E-state index in [-0.39, 0.29) is 29.5 Å². The number of hydrogen-bond acceptors (Lipinski definition) is 4. The van der Waals surface area contributed by atoms with Gasteiger partial charge >= 0.3 is 0 Å². The van der Waals surface area contributed by atoms with E-state index in [0.29, 0.717) is 19.2 Å². The molecular formula is C22H33IN4O3. The van der Waals surface area contributed by atoms with Gasteiger partial charge in [0.05, 0.1) is 6.61 Å². The fourth-order valence-electron chi connectivity index (χ4n) is 2.88. The summed E-state index contributed by atoms with van der Waals surface area (Å²) in [5.41, 5.74) is 1.96. The van der Waals surface area contributed by atoms with Gasteiger partial charge in [0, 0.05) is 63.8 Å². The number of rotatable bonds is 11. The molecule has 0 aliphatic carbocycles. The summed E-state index contributed by atoms with van der Waals surface area (Å²) in [4.78, 5) is 16.2. The van der Waals surface area contributed by atoms with E-state index in [0.717, 1.165) is 49.5 Å². The number of benzene rings is 1. The molecule has 0 saturated heterocycles. The third-order valence-corrected chi connectivity index (χ3v) is 4.45. The van der Waals surface area contributed by atoms with Crippen LogP contribution in [0.25, 0.3) is 0 Å². The minimum Gasteiger partial charge on any atom is -0.493 e. The number of unbranched alkanes of at least 4 members (excludes halogenated alkanes) is 1. The molecule has 0 saturated carbocycles. The molecule has 0 radical (unpaired) electrons. The van der Waals surface area contributed by atoms with Crippen LogP contribution in [-0.2, 0) is 11.3 Å². The van der Waals surface area contributed by atoms with Crippen LogP contribution >= 0.6 is 24.0 Å². The number of aliphatic imine (C=N–C) groups is 1. The Morgan fingerprint density at radius 2 is 1.90 bits per heavy atom. The van der Waals surface area contributed by atoms with Crippen LogP contribution in [0.2, 0.25) is 0 Å². The third kappa shape index (κ3) is 9.17. The zero-order valence-electron chi connectivity index (χ0n) is 18.0. The summed E-state index contributed by atoms with van der Waals surface area (Å²) < 4.78 is 12.6. The fraction of sp³-hybridized carbons (Fsp3) is 0.455. The van der Waals surface area contributed by atoms with Crippen molar-refractivity contribution in [3.63, 3.8) is 0 Å². The first-order chi connectivity index (χ1) is 14.1. The topological polar surface area (TPSA) is 76.9 Å². The number of nitrogens with zero attached hydrogens (tertiary/aromatic N) is 2. The Hall–Kier alpha value is -2.07. The van der Waals surface area contributed by atoms with Crippen molar-refractivity contribution in [2.75, 3.05) is 39.2 Å². The minimum absolute atomic E-state index is 0. The van der Waals surface area contributed by atoms with Crippen LogP contribution in [0.3, 0.4) is 0 Å². The highest BCUT2D eigenvalue weighted by Crippen LogP contribution is 2.17. The van der Waals surface area contributed by atoms with E-state index in [2.05, 4.69) is 15.6 Å². The molecule has 1 aromatic heterocycles. The predicted octanol–water partition coefficient (Wildman–Crippen LogP) is 3.66. The molecule has 2 aromatic rings. The van der Waals surface area contributed by atoms with E-state index in [1.807, 2.05) is 41.8 Å². The summed E-state index contributed by atoms with van der Waals surface area (Å²) in [6.45, 7) is 4.76. The van der Waals surface area contributed by atoms with E-state index in [4.69, 9.17) is 9.47 Å². The molecule has 0 aliphatic heterocycles. The van der Waals surface area contributed by atoms with Gasteiger partial charge in [0.1, 0.15) is 5.75 Å². The molecule has 7 nitrogen and oxygen atoms in total. The van der Waals surface area contributed by atoms with Crippen molar-refractivity contribution in [2.45, 2.75) is 32.7 Å². The van der Waals surface area contributed by atoms with Crippen LogP contribution in [0.5, 0.6) is 5.75 Å². The Labute approximate surface area is 195 Å². The van der Waals surface area contributed by atoms with Gasteiger partial charge < -0.3 is 24.7 Å². The lowest BCUT2D eigenvalue weighted by Gasteiger charge is -2.14. The van der Waals surface area contributed by atoms with Crippen molar-refractivity contribution in [1.82, 2.24) is 9.88 Å². The normalized spacial score (nSPS) is 11.0. The van der Waals surface area contributed by atoms with Gasteiger partial charge in [-0.25, -0.2) is 0 Å². The van der Waals surface area contributed by atoms with Crippen LogP contribution in [0.4, 0.5) is 5.69 Å². The van der Waals surface area contributed by atoms with E-state index >= 15 is 0 Å². The van der Waals surface area contributed by atoms with E-state index in [9.17, 15) is 4.79 Å². The Bertz CT molecular complexity index is 839. The lowest BCUT2D eigenvalue weighted by atomic mass is 10.2. The van der Waals surface area contributed by atoms with Crippen molar-refractivity contribution in [2.24, 2.45) is 4.99 Å². The van der Waals surface area contributed by atoms with Gasteiger partial charge in [0.15, 0.2) is 5.96 Å². The molecule has 1 aromatic carbocycles. The second-order valence-corrected chi connectivity index (χ2v) is 6.71. The van der Waals surface area contributed by atoms with Crippen LogP contribution in [0.15, 0.2) is 52.3 Å². The molecule has 8 heteroatoms. The Kier molecular flexibility index (Phi) is 12.8. The quantitative estimate of drug-likeness (QED) is 0.202. The maximum atomic E-state index is 11.9. The monoisotopic (exact) mass is 528 g/mol. The second-order valence-electron chi connectivity index (χ2n) is 6.71. The van der Waals surface area contributed by atoms with Crippen molar-refractivity contribution >= 4 is 35.6 Å². The second kappa shape index (κ2) is 14.8. The highest BCUT2D eigenvalue weighted by molar-refractivity contribution is 14.0. The molecule has 0 aliphatic rings. The van der Waals surface area contributed by atoms with Gasteiger partial charge in [0.25, 0.3) is 5.56 Å². The van der Waals surface area contributed by atoms with E-state index in [1.54, 1.807) is 26.3 Å². The first kappa shape index (κ1) is 26.0. The number of nitrogens with one attached hydrogen (secondary N) is 2. The van der Waals surface area contributed by atoms with Crippen LogP contribution in [0, 0.1) is 6.92 Å². The molecule has 0 bridgehead atoms. The number of aromatic nitrogens is 1. The Morgan fingerprint density at radius 3 is 2.63 bits per heavy atom. The first-order valence-corrected chi connectivity index (χ1v) is 10.00. The number of methoxy groups -OCH3 is 1. The van der Waals surface area contributed by atoms with Gasteiger partial charge in [-0.3, -0.25) is 9.79 Å². The largest absolute Gasteiger partial charge is 0.493 e. The van der Waals surface area contributed by atoms with Crippen molar-refractivity contribution in [3.8, 4) is 5.75 Å². The van der Waals surface area contributed by atoms with Crippen molar-refractivity contribution in [1.29, 1.82) is 0 Å². The maximum absolute atomic E-state index is 11.9. The number of guanidine groups is 1. The van der Waals surface area contributed by atoms with Crippen LogP contribution in [-0.4, -0.2) is 44.4 Å². The van der Waals surface area contributed by atoms with Crippen molar-refractivity contribution < 1.29 is 9.47 Å². The smallest absolute Gasteiger partial charge is 0.250 e. The van der Waals surface area contributed by atoms with Gasteiger partial charge in [-0.1, -0.05) is 12.1 Å². The fourth-order valence-corrected chi connectivity index (χ4v) is 2.88. The first-order valence-electron chi connectivity index (χ1n) is 10.00. The van der Waals surface area contributed by atoms with Crippen LogP contribution in [0.1, 0.15) is 25.0 Å². The molecule has 0 unspecified atom stereocenters. The molecule has 0 spiro atoms. The SMILES string of the molecule is CN=C(NCCCCn1c(C)cccc1=O)Nc1cccc(OCCCOC)c1.I. The number of hydrogen-bond donors (Lipinski definition) is 2. The zero-order valence-corrected chi connectivity index (χ0v) is 20.3. The Morgan fingerprint density at radius 1 is 1.10 bits per heavy atom. The highest BCUT2D eigenvalue weighted by atomic mass is 127. The summed E-state index contributed by atoms with van der Waals surface area (Å²) in [5, 5.41) is 6.58. The number of ether oxygens (including phenoxy) is 2. The number of anilines is 1. The average Bonchev–Trinajstić information content (AvgIpc) is 2.72. The molecule has 2 rings (SSSR count). The van der Waals surface area contributed by atoms with Crippen LogP contribution < -0.4 is 20.9 Å². The number of aryl methyl sites for hydroxylation is 1. The molecule has 0 amide bonds. The van der Waals surface area contributed by atoms with E-state index in [1.165, 1.54) is 0 Å². The number of pyridine rings is 1. The number of halogens is 1. The molecule has 1 heterocycles. The molecule has 30 heavy (non-hydrogen) atoms. The maximum Gasteiger partial charge on any atom is 0.250 e. The lowest BCUT2D eigenvalue weighted by molar-refractivity contribution is 0.172. The molecule has 0 atom stereocenters. The van der Waals surface area contributed by atoms with Crippen molar-refractivity contribution in [3.05, 3.63) is 58.5 Å². The summed E-state index contributed by atoms with van der Waals surface area (Å²) in [5.74, 6) is 1.51. The molecule has 0 fully saturated rings. The van der Waals surface area contributed by atoms with Gasteiger partial charge in [0.2, 0.25) is 0 Å². The van der Waals surface area contributed by atoms with E-state index < -0.39 is 0 Å².